The van der Waals surface area contributed by atoms with Crippen LogP contribution in [0.1, 0.15) is 32.8 Å². The predicted octanol–water partition coefficient (Wildman–Crippen LogP) is 3.53. The molecule has 1 rings (SSSR count). The second kappa shape index (κ2) is 5.41. The molecule has 0 aromatic heterocycles. The largest absolute Gasteiger partial charge is 0.478 e. The minimum Gasteiger partial charge on any atom is -0.478 e. The van der Waals surface area contributed by atoms with E-state index in [1.807, 2.05) is 13.0 Å². The molecule has 0 radical (unpaired) electrons. The lowest BCUT2D eigenvalue weighted by Gasteiger charge is -2.25. The summed E-state index contributed by atoms with van der Waals surface area (Å²) >= 11 is 6.00. The third kappa shape index (κ3) is 3.13. The van der Waals surface area contributed by atoms with Crippen LogP contribution >= 0.6 is 11.6 Å². The second-order valence-corrected chi connectivity index (χ2v) is 4.52. The zero-order valence-corrected chi connectivity index (χ0v) is 11.0. The molecule has 0 fully saturated rings. The maximum atomic E-state index is 11.2. The second-order valence-electron chi connectivity index (χ2n) is 4.11. The molecular formula is C13H17ClO3. The van der Waals surface area contributed by atoms with Gasteiger partial charge in [-0.2, -0.15) is 0 Å². The summed E-state index contributed by atoms with van der Waals surface area (Å²) < 4.78 is 5.55. The van der Waals surface area contributed by atoms with E-state index in [0.717, 1.165) is 12.0 Å². The van der Waals surface area contributed by atoms with Crippen molar-refractivity contribution in [3.63, 3.8) is 0 Å². The van der Waals surface area contributed by atoms with Gasteiger partial charge in [-0.1, -0.05) is 31.5 Å². The number of halogens is 1. The Kier molecular flexibility index (Phi) is 4.40. The molecule has 0 heterocycles. The van der Waals surface area contributed by atoms with Crippen molar-refractivity contribution in [2.75, 3.05) is 0 Å². The summed E-state index contributed by atoms with van der Waals surface area (Å²) in [5.41, 5.74) is -0.177. The Morgan fingerprint density at radius 2 is 2.12 bits per heavy atom. The van der Waals surface area contributed by atoms with Gasteiger partial charge >= 0.3 is 5.97 Å². The number of aryl methyl sites for hydroxylation is 1. The molecule has 0 aliphatic rings. The lowest BCUT2D eigenvalue weighted by atomic mass is 10.0. The molecule has 94 valence electrons. The molecular weight excluding hydrogens is 240 g/mol. The van der Waals surface area contributed by atoms with Crippen LogP contribution in [0.3, 0.4) is 0 Å². The van der Waals surface area contributed by atoms with Crippen LogP contribution in [0, 0.1) is 0 Å². The van der Waals surface area contributed by atoms with Crippen molar-refractivity contribution in [1.82, 2.24) is 0 Å². The molecule has 1 aromatic carbocycles. The third-order valence-electron chi connectivity index (χ3n) is 2.87. The van der Waals surface area contributed by atoms with Crippen LogP contribution in [-0.4, -0.2) is 16.7 Å². The lowest BCUT2D eigenvalue weighted by molar-refractivity contribution is -0.154. The van der Waals surface area contributed by atoms with Crippen molar-refractivity contribution >= 4 is 17.6 Å². The Hall–Kier alpha value is -1.22. The van der Waals surface area contributed by atoms with E-state index in [1.165, 1.54) is 0 Å². The molecule has 0 bridgehead atoms. The van der Waals surface area contributed by atoms with E-state index in [4.69, 9.17) is 21.4 Å². The van der Waals surface area contributed by atoms with Crippen LogP contribution < -0.4 is 4.74 Å². The van der Waals surface area contributed by atoms with Gasteiger partial charge in [0.25, 0.3) is 0 Å². The summed E-state index contributed by atoms with van der Waals surface area (Å²) in [5, 5.41) is 9.58. The van der Waals surface area contributed by atoms with Crippen molar-refractivity contribution in [3.05, 3.63) is 28.8 Å². The number of carbonyl (C=O) groups is 1. The van der Waals surface area contributed by atoms with Gasteiger partial charge in [0.2, 0.25) is 5.60 Å². The number of ether oxygens (including phenoxy) is 1. The van der Waals surface area contributed by atoms with Gasteiger partial charge in [0.1, 0.15) is 5.75 Å². The van der Waals surface area contributed by atoms with Gasteiger partial charge in [-0.15, -0.1) is 0 Å². The molecule has 4 heteroatoms. The number of carboxylic acid groups (broad SMARTS) is 1. The van der Waals surface area contributed by atoms with Crippen LogP contribution in [0.4, 0.5) is 0 Å². The smallest absolute Gasteiger partial charge is 0.347 e. The molecule has 1 unspecified atom stereocenters. The maximum Gasteiger partial charge on any atom is 0.347 e. The van der Waals surface area contributed by atoms with E-state index in [0.29, 0.717) is 17.2 Å². The Morgan fingerprint density at radius 3 is 2.59 bits per heavy atom. The first-order chi connectivity index (χ1) is 7.92. The van der Waals surface area contributed by atoms with E-state index in [-0.39, 0.29) is 0 Å². The van der Waals surface area contributed by atoms with Crippen molar-refractivity contribution < 1.29 is 14.6 Å². The molecule has 3 nitrogen and oxygen atoms in total. The van der Waals surface area contributed by atoms with E-state index in [1.54, 1.807) is 26.0 Å². The quantitative estimate of drug-likeness (QED) is 0.877. The summed E-state index contributed by atoms with van der Waals surface area (Å²) in [4.78, 5) is 11.2. The van der Waals surface area contributed by atoms with E-state index < -0.39 is 11.6 Å². The van der Waals surface area contributed by atoms with Gasteiger partial charge in [-0.25, -0.2) is 4.79 Å². The summed E-state index contributed by atoms with van der Waals surface area (Å²) in [6, 6.07) is 5.42. The minimum absolute atomic E-state index is 0.370. The number of rotatable bonds is 5. The third-order valence-corrected chi connectivity index (χ3v) is 3.18. The van der Waals surface area contributed by atoms with Gasteiger partial charge in [0, 0.05) is 0 Å². The molecule has 0 spiro atoms. The Labute approximate surface area is 106 Å². The van der Waals surface area contributed by atoms with E-state index >= 15 is 0 Å². The Bertz CT molecular complexity index is 417. The summed E-state index contributed by atoms with van der Waals surface area (Å²) in [5.74, 6) is -0.560. The summed E-state index contributed by atoms with van der Waals surface area (Å²) in [7, 11) is 0. The SMILES string of the molecule is CCc1ccc(Cl)c(OC(C)(CC)C(=O)O)c1. The normalized spacial score (nSPS) is 14.1. The molecule has 0 saturated carbocycles. The van der Waals surface area contributed by atoms with Crippen LogP contribution in [0.15, 0.2) is 18.2 Å². The van der Waals surface area contributed by atoms with Crippen LogP contribution in [-0.2, 0) is 11.2 Å². The zero-order valence-electron chi connectivity index (χ0n) is 10.3. The van der Waals surface area contributed by atoms with Gasteiger partial charge in [0.15, 0.2) is 0 Å². The highest BCUT2D eigenvalue weighted by Crippen LogP contribution is 2.30. The van der Waals surface area contributed by atoms with E-state index in [9.17, 15) is 4.79 Å². The number of hydrogen-bond donors (Lipinski definition) is 1. The minimum atomic E-state index is -1.24. The fourth-order valence-electron chi connectivity index (χ4n) is 1.36. The first-order valence-corrected chi connectivity index (χ1v) is 6.01. The van der Waals surface area contributed by atoms with Crippen molar-refractivity contribution in [2.45, 2.75) is 39.2 Å². The highest BCUT2D eigenvalue weighted by Gasteiger charge is 2.34. The van der Waals surface area contributed by atoms with Gasteiger partial charge in [-0.05, 0) is 37.5 Å². The fraction of sp³-hybridized carbons (Fsp3) is 0.462. The summed E-state index contributed by atoms with van der Waals surface area (Å²) in [6.45, 7) is 5.33. The van der Waals surface area contributed by atoms with Crippen molar-refractivity contribution in [3.8, 4) is 5.75 Å². The maximum absolute atomic E-state index is 11.2. The lowest BCUT2D eigenvalue weighted by Crippen LogP contribution is -2.40. The molecule has 1 aromatic rings. The van der Waals surface area contributed by atoms with Crippen molar-refractivity contribution in [1.29, 1.82) is 0 Å². The predicted molar refractivity (Wildman–Crippen MR) is 67.8 cm³/mol. The average molecular weight is 257 g/mol. The first kappa shape index (κ1) is 13.8. The van der Waals surface area contributed by atoms with E-state index in [2.05, 4.69) is 0 Å². The Morgan fingerprint density at radius 1 is 1.47 bits per heavy atom. The number of aliphatic carboxylic acids is 1. The summed E-state index contributed by atoms with van der Waals surface area (Å²) in [6.07, 6.45) is 1.22. The number of hydrogen-bond acceptors (Lipinski definition) is 2. The molecule has 0 aliphatic carbocycles. The highest BCUT2D eigenvalue weighted by molar-refractivity contribution is 6.32. The Balaban J connectivity index is 3.05. The molecule has 17 heavy (non-hydrogen) atoms. The van der Waals surface area contributed by atoms with Crippen LogP contribution in [0.5, 0.6) is 5.75 Å². The standard InChI is InChI=1S/C13H17ClO3/c1-4-9-6-7-10(14)11(8-9)17-13(3,5-2)12(15)16/h6-8H,4-5H2,1-3H3,(H,15,16). The van der Waals surface area contributed by atoms with Gasteiger partial charge in [-0.3, -0.25) is 0 Å². The molecule has 1 N–H and O–H groups in total. The van der Waals surface area contributed by atoms with Crippen LogP contribution in [0.25, 0.3) is 0 Å². The average Bonchev–Trinajstić information content (AvgIpc) is 2.31. The molecule has 0 amide bonds. The highest BCUT2D eigenvalue weighted by atomic mass is 35.5. The number of benzene rings is 1. The molecule has 0 aliphatic heterocycles. The van der Waals surface area contributed by atoms with Crippen LogP contribution in [0.2, 0.25) is 5.02 Å². The zero-order chi connectivity index (χ0) is 13.1. The topological polar surface area (TPSA) is 46.5 Å². The molecule has 0 saturated heterocycles. The fourth-order valence-corrected chi connectivity index (χ4v) is 1.51. The first-order valence-electron chi connectivity index (χ1n) is 5.63. The number of carboxylic acids is 1. The monoisotopic (exact) mass is 256 g/mol. The van der Waals surface area contributed by atoms with Gasteiger partial charge < -0.3 is 9.84 Å². The van der Waals surface area contributed by atoms with Gasteiger partial charge in [0.05, 0.1) is 5.02 Å². The molecule has 1 atom stereocenters. The van der Waals surface area contributed by atoms with Crippen molar-refractivity contribution in [2.24, 2.45) is 0 Å².